The van der Waals surface area contributed by atoms with Crippen molar-refractivity contribution in [1.82, 2.24) is 14.5 Å². The van der Waals surface area contributed by atoms with Crippen LogP contribution >= 0.6 is 0 Å². The Kier molecular flexibility index (Phi) is 3.54. The fourth-order valence-corrected chi connectivity index (χ4v) is 2.94. The molecular weight excluding hydrogens is 312 g/mol. The second-order valence-electron chi connectivity index (χ2n) is 5.86. The Labute approximate surface area is 144 Å². The first-order valence-electron chi connectivity index (χ1n) is 7.91. The van der Waals surface area contributed by atoms with E-state index in [0.29, 0.717) is 11.3 Å². The minimum absolute atomic E-state index is 0.172. The lowest BCUT2D eigenvalue weighted by Crippen LogP contribution is -2.24. The van der Waals surface area contributed by atoms with Gasteiger partial charge in [-0.15, -0.1) is 0 Å². The van der Waals surface area contributed by atoms with Gasteiger partial charge in [-0.25, -0.2) is 4.98 Å². The van der Waals surface area contributed by atoms with Gasteiger partial charge in [0, 0.05) is 25.0 Å². The summed E-state index contributed by atoms with van der Waals surface area (Å²) in [6, 6.07) is 17.7. The number of nitrogens with two attached hydrogens (primary N) is 1. The third kappa shape index (κ3) is 2.55. The Morgan fingerprint density at radius 2 is 1.64 bits per heavy atom. The lowest BCUT2D eigenvalue weighted by Gasteiger charge is -2.13. The summed E-state index contributed by atoms with van der Waals surface area (Å²) < 4.78 is 1.37. The molecule has 4 rings (SSSR count). The highest BCUT2D eigenvalue weighted by Crippen LogP contribution is 2.30. The molecule has 0 bridgehead atoms. The Morgan fingerprint density at radius 1 is 0.920 bits per heavy atom. The van der Waals surface area contributed by atoms with Crippen LogP contribution in [-0.2, 0) is 7.05 Å². The van der Waals surface area contributed by atoms with Gasteiger partial charge in [0.2, 0.25) is 5.95 Å². The van der Waals surface area contributed by atoms with Crippen molar-refractivity contribution >= 4 is 16.7 Å². The Morgan fingerprint density at radius 3 is 2.40 bits per heavy atom. The van der Waals surface area contributed by atoms with Crippen molar-refractivity contribution in [2.24, 2.45) is 7.05 Å². The summed E-state index contributed by atoms with van der Waals surface area (Å²) in [6.07, 6.45) is 3.35. The van der Waals surface area contributed by atoms with Crippen molar-refractivity contribution in [3.63, 3.8) is 0 Å². The van der Waals surface area contributed by atoms with E-state index in [2.05, 4.69) is 9.97 Å². The van der Waals surface area contributed by atoms with Gasteiger partial charge in [-0.2, -0.15) is 0 Å². The largest absolute Gasteiger partial charge is 0.369 e. The van der Waals surface area contributed by atoms with Gasteiger partial charge in [-0.1, -0.05) is 36.4 Å². The van der Waals surface area contributed by atoms with Gasteiger partial charge in [-0.05, 0) is 34.5 Å². The normalized spacial score (nSPS) is 10.9. The van der Waals surface area contributed by atoms with Gasteiger partial charge >= 0.3 is 0 Å². The van der Waals surface area contributed by atoms with Gasteiger partial charge < -0.3 is 5.73 Å². The number of benzene rings is 2. The van der Waals surface area contributed by atoms with E-state index < -0.39 is 0 Å². The van der Waals surface area contributed by atoms with Crippen LogP contribution in [0.3, 0.4) is 0 Å². The van der Waals surface area contributed by atoms with Crippen molar-refractivity contribution in [3.8, 4) is 22.4 Å². The molecule has 0 aliphatic heterocycles. The lowest BCUT2D eigenvalue weighted by molar-refractivity contribution is 0.848. The molecule has 0 atom stereocenters. The van der Waals surface area contributed by atoms with Crippen molar-refractivity contribution in [3.05, 3.63) is 77.3 Å². The molecule has 25 heavy (non-hydrogen) atoms. The second-order valence-corrected chi connectivity index (χ2v) is 5.86. The minimum Gasteiger partial charge on any atom is -0.369 e. The number of nitrogen functional groups attached to an aromatic ring is 1. The molecule has 2 aromatic carbocycles. The minimum atomic E-state index is -0.172. The van der Waals surface area contributed by atoms with Gasteiger partial charge in [0.05, 0.1) is 11.3 Å². The molecule has 0 fully saturated rings. The highest BCUT2D eigenvalue weighted by Gasteiger charge is 2.17. The highest BCUT2D eigenvalue weighted by atomic mass is 16.1. The van der Waals surface area contributed by atoms with E-state index in [1.54, 1.807) is 19.4 Å². The molecular formula is C20H16N4O. The maximum absolute atomic E-state index is 12.9. The Hall–Kier alpha value is -3.47. The smallest absolute Gasteiger partial charge is 0.263 e. The van der Waals surface area contributed by atoms with E-state index in [1.165, 1.54) is 4.57 Å². The fraction of sp³-hybridized carbons (Fsp3) is 0.0500. The molecule has 0 unspecified atom stereocenters. The number of nitrogens with zero attached hydrogens (tertiary/aromatic N) is 3. The second kappa shape index (κ2) is 5.87. The number of rotatable bonds is 2. The SMILES string of the molecule is Cn1c(N)nc(-c2ccncc2)c(-c2ccc3ccccc3c2)c1=O. The molecule has 5 heteroatoms. The molecule has 2 heterocycles. The van der Waals surface area contributed by atoms with Crippen LogP contribution < -0.4 is 11.3 Å². The van der Waals surface area contributed by atoms with Gasteiger partial charge in [0.15, 0.2) is 0 Å². The zero-order valence-electron chi connectivity index (χ0n) is 13.7. The first-order chi connectivity index (χ1) is 12.1. The molecule has 0 amide bonds. The van der Waals surface area contributed by atoms with Crippen LogP contribution in [-0.4, -0.2) is 14.5 Å². The molecule has 5 nitrogen and oxygen atoms in total. The first-order valence-corrected chi connectivity index (χ1v) is 7.91. The van der Waals surface area contributed by atoms with Crippen LogP contribution in [0.5, 0.6) is 0 Å². The fourth-order valence-electron chi connectivity index (χ4n) is 2.94. The maximum Gasteiger partial charge on any atom is 0.263 e. The summed E-state index contributed by atoms with van der Waals surface area (Å²) >= 11 is 0. The van der Waals surface area contributed by atoms with Crippen molar-refractivity contribution < 1.29 is 0 Å². The Bertz CT molecular complexity index is 1130. The van der Waals surface area contributed by atoms with Crippen LogP contribution in [0.15, 0.2) is 71.8 Å². The quantitative estimate of drug-likeness (QED) is 0.613. The summed E-state index contributed by atoms with van der Waals surface area (Å²) in [5.74, 6) is 0.182. The molecule has 122 valence electrons. The molecule has 2 N–H and O–H groups in total. The zero-order chi connectivity index (χ0) is 17.4. The monoisotopic (exact) mass is 328 g/mol. The number of hydrogen-bond donors (Lipinski definition) is 1. The van der Waals surface area contributed by atoms with E-state index in [4.69, 9.17) is 5.73 Å². The summed E-state index contributed by atoms with van der Waals surface area (Å²) in [4.78, 5) is 21.5. The molecule has 0 saturated carbocycles. The summed E-state index contributed by atoms with van der Waals surface area (Å²) in [5.41, 5.74) is 8.49. The van der Waals surface area contributed by atoms with Crippen LogP contribution in [0.25, 0.3) is 33.2 Å². The number of aromatic nitrogens is 3. The van der Waals surface area contributed by atoms with Gasteiger partial charge in [0.1, 0.15) is 0 Å². The van der Waals surface area contributed by atoms with Gasteiger partial charge in [0.25, 0.3) is 5.56 Å². The molecule has 0 aliphatic carbocycles. The predicted molar refractivity (Wildman–Crippen MR) is 100 cm³/mol. The average Bonchev–Trinajstić information content (AvgIpc) is 2.66. The molecule has 4 aromatic rings. The molecule has 0 saturated heterocycles. The highest BCUT2D eigenvalue weighted by molar-refractivity contribution is 5.90. The number of hydrogen-bond acceptors (Lipinski definition) is 4. The van der Waals surface area contributed by atoms with E-state index in [0.717, 1.165) is 21.9 Å². The summed E-state index contributed by atoms with van der Waals surface area (Å²) in [5, 5.41) is 2.19. The molecule has 0 spiro atoms. The number of pyridine rings is 1. The predicted octanol–water partition coefficient (Wildman–Crippen LogP) is 3.24. The van der Waals surface area contributed by atoms with Crippen LogP contribution in [0.4, 0.5) is 5.95 Å². The number of anilines is 1. The Balaban J connectivity index is 2.05. The third-order valence-electron chi connectivity index (χ3n) is 4.32. The standard InChI is InChI=1S/C20H16N4O/c1-24-19(25)17(16-7-6-13-4-2-3-5-15(13)12-16)18(23-20(24)21)14-8-10-22-11-9-14/h2-12H,1H3,(H2,21,23). The summed E-state index contributed by atoms with van der Waals surface area (Å²) in [6.45, 7) is 0. The van der Waals surface area contributed by atoms with Crippen molar-refractivity contribution in [1.29, 1.82) is 0 Å². The number of fused-ring (bicyclic) bond motifs is 1. The molecule has 0 radical (unpaired) electrons. The van der Waals surface area contributed by atoms with E-state index in [1.807, 2.05) is 54.6 Å². The van der Waals surface area contributed by atoms with Crippen LogP contribution in [0.1, 0.15) is 0 Å². The van der Waals surface area contributed by atoms with E-state index in [9.17, 15) is 4.79 Å². The van der Waals surface area contributed by atoms with Crippen LogP contribution in [0.2, 0.25) is 0 Å². The molecule has 0 aliphatic rings. The average molecular weight is 328 g/mol. The lowest BCUT2D eigenvalue weighted by atomic mass is 9.98. The zero-order valence-corrected chi connectivity index (χ0v) is 13.7. The van der Waals surface area contributed by atoms with E-state index >= 15 is 0 Å². The van der Waals surface area contributed by atoms with E-state index in [-0.39, 0.29) is 11.5 Å². The van der Waals surface area contributed by atoms with Crippen molar-refractivity contribution in [2.75, 3.05) is 5.73 Å². The van der Waals surface area contributed by atoms with Gasteiger partial charge in [-0.3, -0.25) is 14.3 Å². The van der Waals surface area contributed by atoms with Crippen LogP contribution in [0, 0.1) is 0 Å². The first kappa shape index (κ1) is 15.1. The van der Waals surface area contributed by atoms with Crippen molar-refractivity contribution in [2.45, 2.75) is 0 Å². The maximum atomic E-state index is 12.9. The molecule has 2 aromatic heterocycles. The topological polar surface area (TPSA) is 73.8 Å². The third-order valence-corrected chi connectivity index (χ3v) is 4.32. The summed E-state index contributed by atoms with van der Waals surface area (Å²) in [7, 11) is 1.63.